The standard InChI is InChI=1S/C28H18BF15NO2.C18H15S/c1-27(2)6-5-7-28(3,4)45(27)26(46)47-29(8-11(30)17(36)23(42)18(37)12(8)31,9-13(32)19(38)24(43)20(39)14(9)33)10-15(34)21(40)25(44)22(41)16(10)35;1-4-10-16(11-5-1)19(17-12-6-2-7-13-17)18-14-8-3-9-15-18/h5-7H2,1-4H3;1-15H/q-1;+1. The minimum absolute atomic E-state index is 0.000883. The number of carbonyl (C=O) groups excluding carboxylic acids is 1. The highest BCUT2D eigenvalue weighted by Crippen LogP contribution is 2.40. The largest absolute Gasteiger partial charge is 0.659 e. The molecule has 0 atom stereocenters. The summed E-state index contributed by atoms with van der Waals surface area (Å²) in [5.74, 6) is -48.0. The van der Waals surface area contributed by atoms with E-state index in [1.807, 2.05) is 0 Å². The molecule has 66 heavy (non-hydrogen) atoms. The molecular weight excluding hydrogens is 926 g/mol. The Morgan fingerprint density at radius 1 is 0.424 bits per heavy atom. The normalized spacial score (nSPS) is 14.5. The second-order valence-corrected chi connectivity index (χ2v) is 18.2. The minimum atomic E-state index is -6.47. The van der Waals surface area contributed by atoms with Crippen molar-refractivity contribution < 1.29 is 75.3 Å². The van der Waals surface area contributed by atoms with Crippen LogP contribution in [0.5, 0.6) is 0 Å². The van der Waals surface area contributed by atoms with E-state index < -0.39 is 127 Å². The molecule has 0 unspecified atom stereocenters. The van der Waals surface area contributed by atoms with E-state index in [0.29, 0.717) is 11.3 Å². The van der Waals surface area contributed by atoms with Crippen LogP contribution in [-0.4, -0.2) is 28.4 Å². The van der Waals surface area contributed by atoms with Crippen molar-refractivity contribution in [1.29, 1.82) is 0 Å². The second kappa shape index (κ2) is 18.7. The summed E-state index contributed by atoms with van der Waals surface area (Å²) in [6.45, 7) is 5.05. The monoisotopic (exact) mass is 959 g/mol. The molecule has 0 N–H and O–H groups in total. The molecule has 0 saturated carbocycles. The number of halogens is 15. The zero-order valence-electron chi connectivity index (χ0n) is 34.7. The van der Waals surface area contributed by atoms with Crippen molar-refractivity contribution in [2.75, 3.05) is 0 Å². The lowest BCUT2D eigenvalue weighted by Crippen LogP contribution is -2.77. The van der Waals surface area contributed by atoms with Crippen LogP contribution in [-0.2, 0) is 15.5 Å². The number of benzene rings is 6. The molecule has 20 heteroatoms. The average molecular weight is 960 g/mol. The lowest BCUT2D eigenvalue weighted by atomic mass is 9.27. The van der Waals surface area contributed by atoms with Crippen LogP contribution in [0.15, 0.2) is 106 Å². The zero-order valence-corrected chi connectivity index (χ0v) is 35.5. The van der Waals surface area contributed by atoms with E-state index >= 15 is 26.3 Å². The Morgan fingerprint density at radius 2 is 0.652 bits per heavy atom. The smallest absolute Gasteiger partial charge is 0.362 e. The second-order valence-electron chi connectivity index (χ2n) is 16.2. The molecule has 0 aliphatic carbocycles. The third-order valence-electron chi connectivity index (χ3n) is 11.1. The van der Waals surface area contributed by atoms with Gasteiger partial charge < -0.3 is 9.55 Å². The molecular formula is C46H33BF15NO2S. The Bertz CT molecular complexity index is 2450. The number of likely N-dealkylation sites (tertiary alicyclic amines) is 1. The molecule has 6 aromatic carbocycles. The molecule has 3 nitrogen and oxygen atoms in total. The Balaban J connectivity index is 0.000000312. The molecule has 1 amide bonds. The number of piperidine rings is 1. The maximum atomic E-state index is 15.6. The zero-order chi connectivity index (χ0) is 48.8. The summed E-state index contributed by atoms with van der Waals surface area (Å²) in [6, 6.07) is 32.2. The van der Waals surface area contributed by atoms with Crippen LogP contribution in [0, 0.1) is 87.3 Å². The van der Waals surface area contributed by atoms with Crippen LogP contribution >= 0.6 is 0 Å². The van der Waals surface area contributed by atoms with Crippen LogP contribution in [0.25, 0.3) is 0 Å². The predicted octanol–water partition coefficient (Wildman–Crippen LogP) is 11.7. The maximum absolute atomic E-state index is 15.6. The van der Waals surface area contributed by atoms with Gasteiger partial charge in [-0.25, -0.2) is 70.7 Å². The van der Waals surface area contributed by atoms with Crippen LogP contribution < -0.4 is 16.4 Å². The Kier molecular flexibility index (Phi) is 14.0. The minimum Gasteiger partial charge on any atom is -0.659 e. The summed E-state index contributed by atoms with van der Waals surface area (Å²) in [7, 11) is -0.0146. The van der Waals surface area contributed by atoms with Gasteiger partial charge in [0.05, 0.1) is 10.9 Å². The molecule has 7 rings (SSSR count). The summed E-state index contributed by atoms with van der Waals surface area (Å²) in [5, 5.41) is 0. The Morgan fingerprint density at radius 3 is 0.894 bits per heavy atom. The lowest BCUT2D eigenvalue weighted by Gasteiger charge is -2.55. The van der Waals surface area contributed by atoms with Gasteiger partial charge in [-0.15, -0.1) is 0 Å². The Hall–Kier alpha value is -6.05. The number of carbonyl (C=O) groups is 1. The molecule has 0 bridgehead atoms. The third kappa shape index (κ3) is 8.47. The van der Waals surface area contributed by atoms with E-state index in [0.717, 1.165) is 0 Å². The van der Waals surface area contributed by atoms with Crippen molar-refractivity contribution in [1.82, 2.24) is 4.90 Å². The fourth-order valence-electron chi connectivity index (χ4n) is 8.32. The van der Waals surface area contributed by atoms with E-state index in [2.05, 4.69) is 91.0 Å². The number of hydrogen-bond donors (Lipinski definition) is 0. The van der Waals surface area contributed by atoms with Gasteiger partial charge in [-0.3, -0.25) is 0 Å². The summed E-state index contributed by atoms with van der Waals surface area (Å²) in [5.41, 5.74) is -12.1. The van der Waals surface area contributed by atoms with E-state index in [9.17, 15) is 44.3 Å². The summed E-state index contributed by atoms with van der Waals surface area (Å²) < 4.78 is 229. The van der Waals surface area contributed by atoms with Gasteiger partial charge in [0, 0.05) is 11.1 Å². The van der Waals surface area contributed by atoms with Crippen molar-refractivity contribution in [2.45, 2.75) is 72.7 Å². The topological polar surface area (TPSA) is 29.5 Å². The first-order chi connectivity index (χ1) is 30.9. The summed E-state index contributed by atoms with van der Waals surface area (Å²) in [6.07, 6.45) is -8.38. The lowest BCUT2D eigenvalue weighted by molar-refractivity contribution is -0.00708. The first-order valence-electron chi connectivity index (χ1n) is 19.6. The predicted molar refractivity (Wildman–Crippen MR) is 215 cm³/mol. The highest BCUT2D eigenvalue weighted by Gasteiger charge is 2.54. The van der Waals surface area contributed by atoms with Crippen LogP contribution in [0.3, 0.4) is 0 Å². The van der Waals surface area contributed by atoms with Gasteiger partial charge in [0.25, 0.3) is 6.35 Å². The first-order valence-corrected chi connectivity index (χ1v) is 20.8. The van der Waals surface area contributed by atoms with E-state index in [1.54, 1.807) is 0 Å². The van der Waals surface area contributed by atoms with Gasteiger partial charge >= 0.3 is 6.09 Å². The van der Waals surface area contributed by atoms with Gasteiger partial charge in [-0.1, -0.05) is 71.0 Å². The van der Waals surface area contributed by atoms with Gasteiger partial charge in [0.1, 0.15) is 34.9 Å². The molecule has 0 aromatic heterocycles. The molecule has 1 aliphatic heterocycles. The van der Waals surface area contributed by atoms with Gasteiger partial charge in [0.15, 0.2) is 67.0 Å². The number of rotatable bonds is 7. The number of hydrogen-bond acceptors (Lipinski definition) is 2. The van der Waals surface area contributed by atoms with Gasteiger partial charge in [-0.05, 0) is 83.4 Å². The SMILES string of the molecule is CC1(C)CCCC(C)(C)N1C(=O)O[B-](c1c(F)c(F)c(F)c(F)c1F)(c1c(F)c(F)c(F)c(F)c1F)c1c(F)c(F)c(F)c(F)c1F.c1ccc([S+](c2ccccc2)c2ccccc2)cc1. The van der Waals surface area contributed by atoms with Gasteiger partial charge in [0.2, 0.25) is 0 Å². The van der Waals surface area contributed by atoms with Crippen molar-refractivity contribution in [3.05, 3.63) is 178 Å². The molecule has 1 fully saturated rings. The average Bonchev–Trinajstić information content (AvgIpc) is 3.28. The highest BCUT2D eigenvalue weighted by molar-refractivity contribution is 7.97. The fraction of sp³-hybridized carbons (Fsp3) is 0.196. The first kappa shape index (κ1) is 49.4. The molecule has 6 aromatic rings. The van der Waals surface area contributed by atoms with E-state index in [-0.39, 0.29) is 23.7 Å². The van der Waals surface area contributed by atoms with Crippen LogP contribution in [0.4, 0.5) is 70.7 Å². The molecule has 0 spiro atoms. The summed E-state index contributed by atoms with van der Waals surface area (Å²) >= 11 is 0. The summed E-state index contributed by atoms with van der Waals surface area (Å²) in [4.78, 5) is 18.6. The van der Waals surface area contributed by atoms with E-state index in [1.165, 1.54) is 42.4 Å². The van der Waals surface area contributed by atoms with Crippen molar-refractivity contribution in [2.24, 2.45) is 0 Å². The third-order valence-corrected chi connectivity index (χ3v) is 13.4. The Labute approximate surface area is 370 Å². The molecule has 1 aliphatic rings. The molecule has 1 heterocycles. The number of amides is 1. The molecule has 348 valence electrons. The van der Waals surface area contributed by atoms with Crippen molar-refractivity contribution in [3.8, 4) is 0 Å². The molecule has 0 radical (unpaired) electrons. The van der Waals surface area contributed by atoms with Crippen LogP contribution in [0.1, 0.15) is 47.0 Å². The van der Waals surface area contributed by atoms with Crippen LogP contribution in [0.2, 0.25) is 0 Å². The van der Waals surface area contributed by atoms with Crippen molar-refractivity contribution in [3.63, 3.8) is 0 Å². The quantitative estimate of drug-likeness (QED) is 0.0525. The number of nitrogens with zero attached hydrogens (tertiary/aromatic N) is 1. The maximum Gasteiger partial charge on any atom is 0.362 e. The van der Waals surface area contributed by atoms with Crippen molar-refractivity contribution >= 4 is 39.7 Å². The fourth-order valence-corrected chi connectivity index (χ4v) is 10.4. The highest BCUT2D eigenvalue weighted by atomic mass is 32.2. The molecule has 1 saturated heterocycles. The van der Waals surface area contributed by atoms with Gasteiger partial charge in [-0.2, -0.15) is 0 Å². The van der Waals surface area contributed by atoms with E-state index in [4.69, 9.17) is 4.65 Å².